The van der Waals surface area contributed by atoms with Gasteiger partial charge in [-0.15, -0.1) is 0 Å². The lowest BCUT2D eigenvalue weighted by atomic mass is 9.91. The maximum Gasteiger partial charge on any atom is 0.409 e. The van der Waals surface area contributed by atoms with E-state index in [0.29, 0.717) is 44.8 Å². The number of hydrogen-bond donors (Lipinski definition) is 0. The summed E-state index contributed by atoms with van der Waals surface area (Å²) >= 11 is 0. The number of carbonyl (C=O) groups excluding carboxylic acids is 3. The molecule has 0 bridgehead atoms. The van der Waals surface area contributed by atoms with E-state index in [1.165, 1.54) is 0 Å². The zero-order valence-corrected chi connectivity index (χ0v) is 20.6. The third-order valence-electron chi connectivity index (χ3n) is 8.20. The molecule has 3 heterocycles. The molecule has 0 N–H and O–H groups in total. The van der Waals surface area contributed by atoms with Crippen LogP contribution < -0.4 is 4.90 Å². The summed E-state index contributed by atoms with van der Waals surface area (Å²) in [5.74, 6) is -0.157. The molecular formula is C28H31N3O5. The highest BCUT2D eigenvalue weighted by Crippen LogP contribution is 2.52. The Morgan fingerprint density at radius 3 is 2.33 bits per heavy atom. The highest BCUT2D eigenvalue weighted by molar-refractivity contribution is 5.96. The zero-order valence-electron chi connectivity index (χ0n) is 20.6. The summed E-state index contributed by atoms with van der Waals surface area (Å²) in [6, 6.07) is 15.9. The number of carbonyl (C=O) groups is 3. The van der Waals surface area contributed by atoms with Crippen molar-refractivity contribution in [3.8, 4) is 0 Å². The van der Waals surface area contributed by atoms with Crippen molar-refractivity contribution in [1.29, 1.82) is 0 Å². The Morgan fingerprint density at radius 2 is 1.64 bits per heavy atom. The number of ether oxygens (including phenoxy) is 2. The fourth-order valence-corrected chi connectivity index (χ4v) is 6.01. The molecule has 8 nitrogen and oxygen atoms in total. The minimum absolute atomic E-state index is 0.135. The molecule has 6 rings (SSSR count). The highest BCUT2D eigenvalue weighted by atomic mass is 16.6. The van der Waals surface area contributed by atoms with Gasteiger partial charge >= 0.3 is 12.1 Å². The molecule has 3 aliphatic heterocycles. The number of piperazine rings is 1. The van der Waals surface area contributed by atoms with E-state index in [4.69, 9.17) is 9.47 Å². The summed E-state index contributed by atoms with van der Waals surface area (Å²) in [6.07, 6.45) is 2.06. The number of rotatable bonds is 4. The molecule has 0 aromatic heterocycles. The lowest BCUT2D eigenvalue weighted by Gasteiger charge is -2.35. The Kier molecular flexibility index (Phi) is 5.43. The van der Waals surface area contributed by atoms with Crippen molar-refractivity contribution in [2.24, 2.45) is 0 Å². The summed E-state index contributed by atoms with van der Waals surface area (Å²) in [5.41, 5.74) is 2.48. The highest BCUT2D eigenvalue weighted by Gasteiger charge is 2.57. The van der Waals surface area contributed by atoms with Crippen LogP contribution in [0, 0.1) is 0 Å². The van der Waals surface area contributed by atoms with Gasteiger partial charge in [-0.05, 0) is 43.5 Å². The molecule has 2 amide bonds. The van der Waals surface area contributed by atoms with Gasteiger partial charge in [-0.25, -0.2) is 9.59 Å². The summed E-state index contributed by atoms with van der Waals surface area (Å²) in [5, 5.41) is 0. The third kappa shape index (κ3) is 3.62. The summed E-state index contributed by atoms with van der Waals surface area (Å²) in [6.45, 7) is 5.97. The van der Waals surface area contributed by atoms with Gasteiger partial charge in [-0.2, -0.15) is 0 Å². The molecule has 1 spiro atoms. The second kappa shape index (κ2) is 8.54. The van der Waals surface area contributed by atoms with E-state index in [0.717, 1.165) is 42.7 Å². The quantitative estimate of drug-likeness (QED) is 0.614. The molecule has 2 saturated heterocycles. The molecule has 1 saturated carbocycles. The number of nitrogens with zero attached hydrogens (tertiary/aromatic N) is 3. The topological polar surface area (TPSA) is 79.4 Å². The lowest BCUT2D eigenvalue weighted by molar-refractivity contribution is -0.134. The van der Waals surface area contributed by atoms with Crippen LogP contribution in [0.25, 0.3) is 0 Å². The number of esters is 1. The summed E-state index contributed by atoms with van der Waals surface area (Å²) in [7, 11) is 0. The summed E-state index contributed by atoms with van der Waals surface area (Å²) < 4.78 is 11.0. The Balaban J connectivity index is 1.13. The second-order valence-corrected chi connectivity index (χ2v) is 10.2. The number of likely N-dealkylation sites (tertiary alicyclic amines) is 1. The van der Waals surface area contributed by atoms with Gasteiger partial charge in [0, 0.05) is 50.4 Å². The van der Waals surface area contributed by atoms with E-state index in [9.17, 15) is 14.4 Å². The molecule has 1 aliphatic carbocycles. The smallest absolute Gasteiger partial charge is 0.409 e. The first kappa shape index (κ1) is 22.9. The SMILES string of the molecule is CCOC(=O)N1CCN(c2ccc(C3(C(=O)N4CCC5(C4)OC(=O)c4ccccc45)CC3)cc2)CC1. The van der Waals surface area contributed by atoms with Crippen LogP contribution in [0.3, 0.4) is 0 Å². The lowest BCUT2D eigenvalue weighted by Crippen LogP contribution is -2.49. The van der Waals surface area contributed by atoms with Crippen LogP contribution in [-0.2, 0) is 25.3 Å². The molecule has 3 fully saturated rings. The predicted octanol–water partition coefficient (Wildman–Crippen LogP) is 3.29. The Morgan fingerprint density at radius 1 is 0.917 bits per heavy atom. The van der Waals surface area contributed by atoms with Crippen LogP contribution in [0.15, 0.2) is 48.5 Å². The normalized spacial score (nSPS) is 24.0. The van der Waals surface area contributed by atoms with Crippen LogP contribution in [0.4, 0.5) is 10.5 Å². The van der Waals surface area contributed by atoms with Gasteiger partial charge in [0.05, 0.1) is 24.1 Å². The molecule has 4 aliphatic rings. The van der Waals surface area contributed by atoms with Crippen molar-refractivity contribution >= 4 is 23.7 Å². The van der Waals surface area contributed by atoms with Gasteiger partial charge in [0.2, 0.25) is 5.91 Å². The fraction of sp³-hybridized carbons (Fsp3) is 0.464. The number of hydrogen-bond acceptors (Lipinski definition) is 6. The van der Waals surface area contributed by atoms with Crippen LogP contribution in [-0.4, -0.2) is 73.6 Å². The maximum atomic E-state index is 13.7. The number of anilines is 1. The van der Waals surface area contributed by atoms with E-state index in [-0.39, 0.29) is 18.0 Å². The van der Waals surface area contributed by atoms with E-state index >= 15 is 0 Å². The van der Waals surface area contributed by atoms with E-state index < -0.39 is 11.0 Å². The summed E-state index contributed by atoms with van der Waals surface area (Å²) in [4.78, 5) is 44.0. The largest absolute Gasteiger partial charge is 0.450 e. The number of fused-ring (bicyclic) bond motifs is 2. The van der Waals surface area contributed by atoms with Crippen LogP contribution in [0.2, 0.25) is 0 Å². The van der Waals surface area contributed by atoms with Crippen molar-refractivity contribution in [3.05, 3.63) is 65.2 Å². The molecule has 2 aromatic carbocycles. The number of benzene rings is 2. The van der Waals surface area contributed by atoms with Crippen molar-refractivity contribution in [1.82, 2.24) is 9.80 Å². The minimum atomic E-state index is -0.713. The molecule has 1 unspecified atom stereocenters. The minimum Gasteiger partial charge on any atom is -0.450 e. The van der Waals surface area contributed by atoms with E-state index in [2.05, 4.69) is 29.2 Å². The molecule has 36 heavy (non-hydrogen) atoms. The van der Waals surface area contributed by atoms with E-state index in [1.54, 1.807) is 11.0 Å². The molecule has 0 radical (unpaired) electrons. The Bertz CT molecular complexity index is 1200. The Labute approximate surface area is 210 Å². The van der Waals surface area contributed by atoms with Crippen molar-refractivity contribution in [2.45, 2.75) is 37.2 Å². The molecule has 2 aromatic rings. The molecule has 188 valence electrons. The number of amides is 2. The van der Waals surface area contributed by atoms with Crippen molar-refractivity contribution in [3.63, 3.8) is 0 Å². The maximum absolute atomic E-state index is 13.7. The second-order valence-electron chi connectivity index (χ2n) is 10.2. The van der Waals surface area contributed by atoms with Gasteiger partial charge in [0.25, 0.3) is 0 Å². The Hall–Kier alpha value is -3.55. The monoisotopic (exact) mass is 489 g/mol. The van der Waals surface area contributed by atoms with Crippen LogP contribution >= 0.6 is 0 Å². The average Bonchev–Trinajstić information content (AvgIpc) is 3.54. The third-order valence-corrected chi connectivity index (χ3v) is 8.20. The van der Waals surface area contributed by atoms with Crippen molar-refractivity contribution < 1.29 is 23.9 Å². The first-order chi connectivity index (χ1) is 17.5. The first-order valence-electron chi connectivity index (χ1n) is 12.9. The zero-order chi connectivity index (χ0) is 24.9. The van der Waals surface area contributed by atoms with Crippen molar-refractivity contribution in [2.75, 3.05) is 50.8 Å². The standard InChI is InChI=1S/C28H31N3O5/c1-2-35-26(34)30-17-15-29(16-18-30)21-9-7-20(8-10-21)27(11-12-27)25(33)31-14-13-28(19-31)23-6-4-3-5-22(23)24(32)36-28/h3-10H,2,11-19H2,1H3. The average molecular weight is 490 g/mol. The van der Waals surface area contributed by atoms with Gasteiger partial charge in [-0.3, -0.25) is 4.79 Å². The van der Waals surface area contributed by atoms with E-state index in [1.807, 2.05) is 30.0 Å². The van der Waals surface area contributed by atoms with Crippen LogP contribution in [0.1, 0.15) is 47.7 Å². The first-order valence-corrected chi connectivity index (χ1v) is 12.9. The predicted molar refractivity (Wildman–Crippen MR) is 133 cm³/mol. The van der Waals surface area contributed by atoms with Gasteiger partial charge in [0.15, 0.2) is 5.60 Å². The van der Waals surface area contributed by atoms with Gasteiger partial charge < -0.3 is 24.2 Å². The fourth-order valence-electron chi connectivity index (χ4n) is 6.01. The molecule has 1 atom stereocenters. The molecular weight excluding hydrogens is 458 g/mol. The van der Waals surface area contributed by atoms with Gasteiger partial charge in [-0.1, -0.05) is 30.3 Å². The molecule has 8 heteroatoms. The van der Waals surface area contributed by atoms with Crippen LogP contribution in [0.5, 0.6) is 0 Å². The van der Waals surface area contributed by atoms with Gasteiger partial charge in [0.1, 0.15) is 0 Å².